The van der Waals surface area contributed by atoms with Gasteiger partial charge in [0.15, 0.2) is 5.13 Å². The molecule has 6 nitrogen and oxygen atoms in total. The van der Waals surface area contributed by atoms with Gasteiger partial charge >= 0.3 is 0 Å². The van der Waals surface area contributed by atoms with Crippen molar-refractivity contribution in [3.05, 3.63) is 62.5 Å². The average molecular weight is 411 g/mol. The standard InChI is InChI=1S/C20H18N4O2S2/c1-11-4-5-14(8-12(11)2)16-13(3)28-18-17(16)19(26)24(10-22-18)9-15(25)23-20-21-6-7-27-20/h4-8,10H,9H2,1-3H3,(H,21,23,25). The molecule has 0 radical (unpaired) electrons. The van der Waals surface area contributed by atoms with Crippen LogP contribution in [0.1, 0.15) is 16.0 Å². The molecule has 0 saturated heterocycles. The summed E-state index contributed by atoms with van der Waals surface area (Å²) in [5.74, 6) is -0.308. The minimum atomic E-state index is -0.308. The van der Waals surface area contributed by atoms with Gasteiger partial charge in [-0.05, 0) is 37.5 Å². The Morgan fingerprint density at radius 3 is 2.71 bits per heavy atom. The number of rotatable bonds is 4. The molecule has 142 valence electrons. The van der Waals surface area contributed by atoms with E-state index in [2.05, 4.69) is 41.3 Å². The number of aromatic nitrogens is 3. The maximum absolute atomic E-state index is 13.2. The lowest BCUT2D eigenvalue weighted by Crippen LogP contribution is -2.27. The lowest BCUT2D eigenvalue weighted by atomic mass is 9.99. The summed E-state index contributed by atoms with van der Waals surface area (Å²) in [6, 6.07) is 6.18. The van der Waals surface area contributed by atoms with Crippen molar-refractivity contribution in [3.63, 3.8) is 0 Å². The molecule has 0 atom stereocenters. The summed E-state index contributed by atoms with van der Waals surface area (Å²) in [6.45, 7) is 6.01. The van der Waals surface area contributed by atoms with Crippen molar-refractivity contribution < 1.29 is 4.79 Å². The molecule has 4 rings (SSSR count). The van der Waals surface area contributed by atoms with Crippen LogP contribution >= 0.6 is 22.7 Å². The Labute approximate surface area is 169 Å². The lowest BCUT2D eigenvalue weighted by molar-refractivity contribution is -0.116. The molecule has 0 aliphatic carbocycles. The van der Waals surface area contributed by atoms with Crippen LogP contribution in [-0.2, 0) is 11.3 Å². The summed E-state index contributed by atoms with van der Waals surface area (Å²) in [7, 11) is 0. The van der Waals surface area contributed by atoms with Crippen LogP contribution in [0.5, 0.6) is 0 Å². The highest BCUT2D eigenvalue weighted by atomic mass is 32.1. The smallest absolute Gasteiger partial charge is 0.263 e. The maximum Gasteiger partial charge on any atom is 0.263 e. The van der Waals surface area contributed by atoms with Gasteiger partial charge in [-0.2, -0.15) is 0 Å². The SMILES string of the molecule is Cc1ccc(-c2c(C)sc3ncn(CC(=O)Nc4nccs4)c(=O)c23)cc1C. The van der Waals surface area contributed by atoms with Crippen LogP contribution in [-0.4, -0.2) is 20.4 Å². The third kappa shape index (κ3) is 3.36. The van der Waals surface area contributed by atoms with Crippen molar-refractivity contribution in [2.24, 2.45) is 0 Å². The number of benzene rings is 1. The van der Waals surface area contributed by atoms with E-state index < -0.39 is 0 Å². The number of aryl methyl sites for hydroxylation is 3. The van der Waals surface area contributed by atoms with Gasteiger partial charge in [0.25, 0.3) is 5.56 Å². The molecule has 1 aromatic carbocycles. The van der Waals surface area contributed by atoms with E-state index in [0.717, 1.165) is 16.0 Å². The summed E-state index contributed by atoms with van der Waals surface area (Å²) in [4.78, 5) is 35.6. The number of nitrogens with one attached hydrogen (secondary N) is 1. The number of thiazole rings is 1. The number of thiophene rings is 1. The summed E-state index contributed by atoms with van der Waals surface area (Å²) in [5.41, 5.74) is 4.06. The van der Waals surface area contributed by atoms with Gasteiger partial charge < -0.3 is 5.32 Å². The van der Waals surface area contributed by atoms with Crippen LogP contribution in [0.25, 0.3) is 21.3 Å². The van der Waals surface area contributed by atoms with Crippen LogP contribution in [0.3, 0.4) is 0 Å². The second-order valence-electron chi connectivity index (χ2n) is 6.58. The fraction of sp³-hybridized carbons (Fsp3) is 0.200. The van der Waals surface area contributed by atoms with E-state index in [0.29, 0.717) is 15.3 Å². The quantitative estimate of drug-likeness (QED) is 0.548. The molecule has 28 heavy (non-hydrogen) atoms. The van der Waals surface area contributed by atoms with Crippen molar-refractivity contribution in [2.75, 3.05) is 5.32 Å². The number of carbonyl (C=O) groups is 1. The van der Waals surface area contributed by atoms with E-state index in [1.54, 1.807) is 11.6 Å². The van der Waals surface area contributed by atoms with E-state index in [9.17, 15) is 9.59 Å². The predicted octanol–water partition coefficient (Wildman–Crippen LogP) is 4.15. The third-order valence-electron chi connectivity index (χ3n) is 4.64. The number of hydrogen-bond donors (Lipinski definition) is 1. The summed E-state index contributed by atoms with van der Waals surface area (Å²) in [6.07, 6.45) is 3.05. The minimum Gasteiger partial charge on any atom is -0.300 e. The second-order valence-corrected chi connectivity index (χ2v) is 8.67. The van der Waals surface area contributed by atoms with Crippen molar-refractivity contribution in [1.29, 1.82) is 0 Å². The van der Waals surface area contributed by atoms with Crippen molar-refractivity contribution in [3.8, 4) is 11.1 Å². The van der Waals surface area contributed by atoms with Crippen molar-refractivity contribution in [2.45, 2.75) is 27.3 Å². The Hall–Kier alpha value is -2.84. The molecule has 0 spiro atoms. The Morgan fingerprint density at radius 1 is 1.18 bits per heavy atom. The molecular formula is C20H18N4O2S2. The molecule has 1 N–H and O–H groups in total. The van der Waals surface area contributed by atoms with Gasteiger partial charge in [-0.25, -0.2) is 9.97 Å². The van der Waals surface area contributed by atoms with Crippen LogP contribution in [0.4, 0.5) is 5.13 Å². The molecule has 0 unspecified atom stereocenters. The fourth-order valence-corrected chi connectivity index (χ4v) is 4.64. The van der Waals surface area contributed by atoms with Crippen LogP contribution < -0.4 is 10.9 Å². The highest BCUT2D eigenvalue weighted by Gasteiger charge is 2.18. The summed E-state index contributed by atoms with van der Waals surface area (Å²) < 4.78 is 1.35. The molecule has 0 aliphatic heterocycles. The molecule has 0 saturated carbocycles. The molecule has 8 heteroatoms. The fourth-order valence-electron chi connectivity index (χ4n) is 3.09. The molecule has 0 fully saturated rings. The van der Waals surface area contributed by atoms with Gasteiger partial charge in [0, 0.05) is 22.0 Å². The molecule has 0 bridgehead atoms. The number of fused-ring (bicyclic) bond motifs is 1. The predicted molar refractivity (Wildman–Crippen MR) is 114 cm³/mol. The Bertz CT molecular complexity index is 1240. The molecular weight excluding hydrogens is 392 g/mol. The first-order valence-corrected chi connectivity index (χ1v) is 10.4. The second kappa shape index (κ2) is 7.29. The zero-order chi connectivity index (χ0) is 19.8. The normalized spacial score (nSPS) is 11.1. The number of amides is 1. The van der Waals surface area contributed by atoms with Crippen LogP contribution in [0.2, 0.25) is 0 Å². The topological polar surface area (TPSA) is 76.9 Å². The zero-order valence-electron chi connectivity index (χ0n) is 15.6. The molecule has 4 aromatic rings. The lowest BCUT2D eigenvalue weighted by Gasteiger charge is -2.08. The summed E-state index contributed by atoms with van der Waals surface area (Å²) in [5, 5.41) is 5.55. The Balaban J connectivity index is 1.77. The first-order valence-electron chi connectivity index (χ1n) is 8.69. The number of carbonyl (C=O) groups excluding carboxylic acids is 1. The van der Waals surface area contributed by atoms with Crippen molar-refractivity contribution in [1.82, 2.24) is 14.5 Å². The highest BCUT2D eigenvalue weighted by Crippen LogP contribution is 2.36. The molecule has 1 amide bonds. The van der Waals surface area contributed by atoms with E-state index >= 15 is 0 Å². The first kappa shape index (κ1) is 18.5. The molecule has 0 aliphatic rings. The van der Waals surface area contributed by atoms with Gasteiger partial charge in [0.05, 0.1) is 11.7 Å². The zero-order valence-corrected chi connectivity index (χ0v) is 17.3. The highest BCUT2D eigenvalue weighted by molar-refractivity contribution is 7.19. The maximum atomic E-state index is 13.2. The largest absolute Gasteiger partial charge is 0.300 e. The van der Waals surface area contributed by atoms with Crippen LogP contribution in [0.15, 0.2) is 40.9 Å². The number of anilines is 1. The Kier molecular flexibility index (Phi) is 4.82. The van der Waals surface area contributed by atoms with Crippen LogP contribution in [0, 0.1) is 20.8 Å². The van der Waals surface area contributed by atoms with E-state index in [4.69, 9.17) is 0 Å². The van der Waals surface area contributed by atoms with E-state index in [1.165, 1.54) is 44.7 Å². The van der Waals surface area contributed by atoms with E-state index in [1.807, 2.05) is 13.0 Å². The number of nitrogens with zero attached hydrogens (tertiary/aromatic N) is 3. The van der Waals surface area contributed by atoms with Gasteiger partial charge in [-0.15, -0.1) is 22.7 Å². The van der Waals surface area contributed by atoms with Gasteiger partial charge in [0.1, 0.15) is 11.4 Å². The van der Waals surface area contributed by atoms with Gasteiger partial charge in [0.2, 0.25) is 5.91 Å². The average Bonchev–Trinajstić information content (AvgIpc) is 3.27. The Morgan fingerprint density at radius 2 is 2.00 bits per heavy atom. The van der Waals surface area contributed by atoms with E-state index in [-0.39, 0.29) is 18.0 Å². The number of hydrogen-bond acceptors (Lipinski definition) is 6. The minimum absolute atomic E-state index is 0.109. The first-order chi connectivity index (χ1) is 13.4. The molecule has 3 heterocycles. The van der Waals surface area contributed by atoms with Gasteiger partial charge in [-0.3, -0.25) is 14.2 Å². The third-order valence-corrected chi connectivity index (χ3v) is 6.34. The van der Waals surface area contributed by atoms with Gasteiger partial charge in [-0.1, -0.05) is 18.2 Å². The summed E-state index contributed by atoms with van der Waals surface area (Å²) >= 11 is 2.83. The van der Waals surface area contributed by atoms with Crippen molar-refractivity contribution >= 4 is 43.9 Å². The monoisotopic (exact) mass is 410 g/mol. The molecule has 3 aromatic heterocycles.